The van der Waals surface area contributed by atoms with Crippen LogP contribution in [0, 0.1) is 12.3 Å². The number of hydrogen-bond donors (Lipinski definition) is 2. The van der Waals surface area contributed by atoms with Crippen LogP contribution in [0.4, 0.5) is 0 Å². The molecular weight excluding hydrogens is 326 g/mol. The van der Waals surface area contributed by atoms with Crippen LogP contribution >= 0.6 is 0 Å². The van der Waals surface area contributed by atoms with Crippen molar-refractivity contribution in [2.24, 2.45) is 10.5 Å². The Morgan fingerprint density at radius 1 is 1.12 bits per heavy atom. The van der Waals surface area contributed by atoms with Crippen LogP contribution in [0.15, 0.2) is 34.3 Å². The van der Waals surface area contributed by atoms with Gasteiger partial charge in [0.25, 0.3) is 10.0 Å². The molecule has 2 fully saturated rings. The zero-order valence-electron chi connectivity index (χ0n) is 13.8. The van der Waals surface area contributed by atoms with Gasteiger partial charge >= 0.3 is 0 Å². The minimum absolute atomic E-state index is 0.0609. The molecule has 7 heteroatoms. The molecule has 2 N–H and O–H groups in total. The number of carbonyl (C=O) groups is 1. The third-order valence-corrected chi connectivity index (χ3v) is 6.24. The van der Waals surface area contributed by atoms with Crippen LogP contribution in [0.2, 0.25) is 0 Å². The summed E-state index contributed by atoms with van der Waals surface area (Å²) in [5.74, 6) is 0.0609. The van der Waals surface area contributed by atoms with E-state index in [9.17, 15) is 13.2 Å². The highest BCUT2D eigenvalue weighted by atomic mass is 32.2. The van der Waals surface area contributed by atoms with Crippen LogP contribution in [-0.2, 0) is 14.8 Å². The van der Waals surface area contributed by atoms with E-state index in [0.717, 1.165) is 43.4 Å². The van der Waals surface area contributed by atoms with Gasteiger partial charge in [-0.3, -0.25) is 4.79 Å². The summed E-state index contributed by atoms with van der Waals surface area (Å²) in [6, 6.07) is 6.69. The van der Waals surface area contributed by atoms with Gasteiger partial charge in [0.15, 0.2) is 0 Å². The molecule has 2 aliphatic rings. The summed E-state index contributed by atoms with van der Waals surface area (Å²) in [4.78, 5) is 14.1. The second-order valence-electron chi connectivity index (χ2n) is 6.73. The predicted octanol–water partition coefficient (Wildman–Crippen LogP) is 2.10. The molecule has 24 heavy (non-hydrogen) atoms. The molecule has 1 heterocycles. The maximum Gasteiger partial charge on any atom is 0.276 e. The van der Waals surface area contributed by atoms with Gasteiger partial charge in [-0.15, -0.1) is 0 Å². The Morgan fingerprint density at radius 2 is 1.88 bits per heavy atom. The van der Waals surface area contributed by atoms with E-state index in [4.69, 9.17) is 0 Å². The lowest BCUT2D eigenvalue weighted by atomic mass is 9.68. The Bertz CT molecular complexity index is 744. The molecule has 0 bridgehead atoms. The molecular formula is C17H23N3O3S. The fourth-order valence-electron chi connectivity index (χ4n) is 3.48. The molecule has 1 aliphatic heterocycles. The highest BCUT2D eigenvalue weighted by Gasteiger charge is 2.41. The van der Waals surface area contributed by atoms with Crippen molar-refractivity contribution in [2.75, 3.05) is 6.54 Å². The lowest BCUT2D eigenvalue weighted by molar-refractivity contribution is -0.123. The minimum atomic E-state index is -3.67. The zero-order valence-corrected chi connectivity index (χ0v) is 14.7. The number of amides is 1. The zero-order chi connectivity index (χ0) is 17.2. The number of hydrazone groups is 1. The van der Waals surface area contributed by atoms with Gasteiger partial charge in [-0.05, 0) is 44.7 Å². The maximum absolute atomic E-state index is 12.4. The van der Waals surface area contributed by atoms with Gasteiger partial charge < -0.3 is 5.32 Å². The van der Waals surface area contributed by atoms with Crippen molar-refractivity contribution < 1.29 is 13.2 Å². The Hall–Kier alpha value is -1.89. The van der Waals surface area contributed by atoms with Crippen molar-refractivity contribution in [3.63, 3.8) is 0 Å². The van der Waals surface area contributed by atoms with E-state index in [1.54, 1.807) is 24.3 Å². The topological polar surface area (TPSA) is 87.6 Å². The number of sulfonamides is 1. The second-order valence-corrected chi connectivity index (χ2v) is 8.39. The molecule has 1 spiro atoms. The van der Waals surface area contributed by atoms with Crippen LogP contribution in [-0.4, -0.2) is 26.6 Å². The summed E-state index contributed by atoms with van der Waals surface area (Å²) < 4.78 is 24.8. The summed E-state index contributed by atoms with van der Waals surface area (Å²) in [6.45, 7) is 2.46. The van der Waals surface area contributed by atoms with Crippen LogP contribution in [0.1, 0.15) is 44.1 Å². The number of benzene rings is 1. The average Bonchev–Trinajstić information content (AvgIpc) is 2.57. The molecule has 1 unspecified atom stereocenters. The summed E-state index contributed by atoms with van der Waals surface area (Å²) in [7, 11) is -3.67. The van der Waals surface area contributed by atoms with Gasteiger partial charge in [-0.2, -0.15) is 13.5 Å². The van der Waals surface area contributed by atoms with E-state index in [2.05, 4.69) is 15.2 Å². The first-order chi connectivity index (χ1) is 11.4. The first-order valence-corrected chi connectivity index (χ1v) is 9.82. The molecule has 6 nitrogen and oxygen atoms in total. The largest absolute Gasteiger partial charge is 0.355 e. The lowest BCUT2D eigenvalue weighted by Crippen LogP contribution is -2.49. The third-order valence-electron chi connectivity index (χ3n) is 5.02. The van der Waals surface area contributed by atoms with Crippen LogP contribution < -0.4 is 10.1 Å². The minimum Gasteiger partial charge on any atom is -0.355 e. The second kappa shape index (κ2) is 6.55. The number of hydrogen-bond acceptors (Lipinski definition) is 4. The number of nitrogens with zero attached hydrogens (tertiary/aromatic N) is 1. The molecule has 1 atom stereocenters. The summed E-state index contributed by atoms with van der Waals surface area (Å²) in [5, 5.41) is 7.19. The predicted molar refractivity (Wildman–Crippen MR) is 92.1 cm³/mol. The molecule has 1 aliphatic carbocycles. The molecule has 3 rings (SSSR count). The number of carbonyl (C=O) groups excluding carboxylic acids is 1. The fourth-order valence-corrected chi connectivity index (χ4v) is 4.31. The highest BCUT2D eigenvalue weighted by Crippen LogP contribution is 2.39. The van der Waals surface area contributed by atoms with Crippen molar-refractivity contribution in [1.29, 1.82) is 0 Å². The number of aryl methyl sites for hydroxylation is 1. The molecule has 1 amide bonds. The van der Waals surface area contributed by atoms with Crippen molar-refractivity contribution in [1.82, 2.24) is 10.1 Å². The van der Waals surface area contributed by atoms with Crippen molar-refractivity contribution >= 4 is 21.6 Å². The summed E-state index contributed by atoms with van der Waals surface area (Å²) in [5.41, 5.74) is 1.68. The quantitative estimate of drug-likeness (QED) is 0.819. The van der Waals surface area contributed by atoms with E-state index in [0.29, 0.717) is 13.0 Å². The van der Waals surface area contributed by atoms with Crippen LogP contribution in [0.3, 0.4) is 0 Å². The highest BCUT2D eigenvalue weighted by molar-refractivity contribution is 7.89. The summed E-state index contributed by atoms with van der Waals surface area (Å²) in [6.07, 6.45) is 5.01. The Morgan fingerprint density at radius 3 is 2.54 bits per heavy atom. The van der Waals surface area contributed by atoms with Crippen molar-refractivity contribution in [2.45, 2.75) is 50.3 Å². The van der Waals surface area contributed by atoms with E-state index >= 15 is 0 Å². The molecule has 130 valence electrons. The number of piperidine rings is 1. The molecule has 0 radical (unpaired) electrons. The van der Waals surface area contributed by atoms with E-state index in [1.807, 2.05) is 6.92 Å². The van der Waals surface area contributed by atoms with Gasteiger partial charge in [0.1, 0.15) is 0 Å². The average molecular weight is 349 g/mol. The molecule has 0 aromatic heterocycles. The maximum atomic E-state index is 12.4. The molecule has 1 saturated carbocycles. The van der Waals surface area contributed by atoms with Crippen LogP contribution in [0.5, 0.6) is 0 Å². The van der Waals surface area contributed by atoms with Gasteiger partial charge in [0, 0.05) is 24.1 Å². The fraction of sp³-hybridized carbons (Fsp3) is 0.529. The summed E-state index contributed by atoms with van der Waals surface area (Å²) >= 11 is 0. The van der Waals surface area contributed by atoms with Gasteiger partial charge in [0.05, 0.1) is 4.90 Å². The van der Waals surface area contributed by atoms with E-state index in [1.165, 1.54) is 0 Å². The first kappa shape index (κ1) is 17.0. The molecule has 1 saturated heterocycles. The lowest BCUT2D eigenvalue weighted by Gasteiger charge is -2.41. The molecule has 1 aromatic carbocycles. The first-order valence-electron chi connectivity index (χ1n) is 8.34. The standard InChI is InChI=1S/C17H23N3O3S/c1-13-5-7-14(8-6-13)24(22,23)20-19-15-4-2-3-10-17(15)11-9-16(21)18-12-17/h5-8,20H,2-4,9-12H2,1H3,(H,18,21)/b19-15-. The Kier molecular flexibility index (Phi) is 4.62. The number of nitrogens with one attached hydrogen (secondary N) is 2. The van der Waals surface area contributed by atoms with Crippen molar-refractivity contribution in [3.8, 4) is 0 Å². The SMILES string of the molecule is Cc1ccc(S(=O)(=O)N/N=C2/CCCCC23CCC(=O)NC3)cc1. The van der Waals surface area contributed by atoms with Crippen molar-refractivity contribution in [3.05, 3.63) is 29.8 Å². The monoisotopic (exact) mass is 349 g/mol. The van der Waals surface area contributed by atoms with E-state index in [-0.39, 0.29) is 16.2 Å². The normalized spacial score (nSPS) is 26.4. The molecule has 1 aromatic rings. The number of rotatable bonds is 3. The van der Waals surface area contributed by atoms with Crippen LogP contribution in [0.25, 0.3) is 0 Å². The Balaban J connectivity index is 1.81. The Labute approximate surface area is 142 Å². The van der Waals surface area contributed by atoms with Gasteiger partial charge in [-0.1, -0.05) is 24.1 Å². The van der Waals surface area contributed by atoms with E-state index < -0.39 is 10.0 Å². The van der Waals surface area contributed by atoms with Gasteiger partial charge in [0.2, 0.25) is 5.91 Å². The third kappa shape index (κ3) is 3.45. The van der Waals surface area contributed by atoms with Gasteiger partial charge in [-0.25, -0.2) is 4.83 Å². The smallest absolute Gasteiger partial charge is 0.276 e.